The summed E-state index contributed by atoms with van der Waals surface area (Å²) in [5, 5.41) is 13.8. The van der Waals surface area contributed by atoms with E-state index in [0.717, 1.165) is 87.0 Å². The maximum Gasteiger partial charge on any atom is 0.273 e. The summed E-state index contributed by atoms with van der Waals surface area (Å²) in [5.74, 6) is 0.827. The van der Waals surface area contributed by atoms with Crippen LogP contribution < -0.4 is 14.4 Å². The Bertz CT molecular complexity index is 2880. The number of aromatic nitrogens is 2. The number of piperazine rings is 1. The van der Waals surface area contributed by atoms with Gasteiger partial charge in [-0.1, -0.05) is 63.1 Å². The van der Waals surface area contributed by atoms with Gasteiger partial charge < -0.3 is 14.6 Å². The first-order valence-electron chi connectivity index (χ1n) is 22.8. The second-order valence-corrected chi connectivity index (χ2v) is 23.6. The Morgan fingerprint density at radius 1 is 1.00 bits per heavy atom. The molecule has 5 aromatic rings. The van der Waals surface area contributed by atoms with Crippen molar-refractivity contribution in [3.8, 4) is 11.5 Å². The predicted octanol–water partition coefficient (Wildman–Crippen LogP) is 10.0. The molecule has 1 saturated heterocycles. The fourth-order valence-corrected chi connectivity index (χ4v) is 11.8. The van der Waals surface area contributed by atoms with Gasteiger partial charge in [0.15, 0.2) is 0 Å². The molecule has 0 bridgehead atoms. The van der Waals surface area contributed by atoms with Crippen LogP contribution >= 0.6 is 11.6 Å². The van der Waals surface area contributed by atoms with Crippen molar-refractivity contribution in [3.63, 3.8) is 0 Å². The summed E-state index contributed by atoms with van der Waals surface area (Å²) >= 11 is 6.25. The highest BCUT2D eigenvalue weighted by Crippen LogP contribution is 2.44. The molecule has 0 radical (unpaired) electrons. The van der Waals surface area contributed by atoms with E-state index in [1.54, 1.807) is 30.5 Å². The summed E-state index contributed by atoms with van der Waals surface area (Å²) in [6.07, 6.45) is 9.03. The van der Waals surface area contributed by atoms with Crippen LogP contribution in [0.3, 0.4) is 0 Å². The minimum Gasteiger partial charge on any atom is -0.455 e. The first-order valence-corrected chi connectivity index (χ1v) is 26.5. The number of hydrogen-bond acceptors (Lipinski definition) is 11. The van der Waals surface area contributed by atoms with Crippen LogP contribution in [0.5, 0.6) is 11.5 Å². The van der Waals surface area contributed by atoms with Gasteiger partial charge >= 0.3 is 0 Å². The SMILES string of the molecule is CCS(=O)(CC)=NC1CC(CCc2ccc(S(=O)(=O)NC(=O)c3ccc(N4CCN(CC5=C(c6ccc(Cl)cc6)CC(C)(C)CC5)CC4)cc3Oc3cnc4[nH]ccc4c3)cc2[N+](=O)[O-])C1. The van der Waals surface area contributed by atoms with Crippen molar-refractivity contribution in [2.75, 3.05) is 49.1 Å². The number of nitrogens with zero attached hydrogens (tertiary/aromatic N) is 5. The number of nitrogens with one attached hydrogen (secondary N) is 2. The number of sulfonamides is 1. The number of aryl methyl sites for hydroxylation is 1. The molecule has 350 valence electrons. The zero-order valence-electron chi connectivity index (χ0n) is 37.9. The topological polar surface area (TPSA) is 180 Å². The largest absolute Gasteiger partial charge is 0.455 e. The highest BCUT2D eigenvalue weighted by molar-refractivity contribution is 7.93. The molecule has 1 amide bonds. The van der Waals surface area contributed by atoms with Crippen LogP contribution in [-0.2, 0) is 26.2 Å². The number of rotatable bonds is 16. The molecule has 2 fully saturated rings. The quantitative estimate of drug-likeness (QED) is 0.0714. The third kappa shape index (κ3) is 10.9. The molecule has 0 unspecified atom stereocenters. The number of carbonyl (C=O) groups excluding carboxylic acids is 1. The molecule has 1 saturated carbocycles. The molecule has 2 N–H and O–H groups in total. The highest BCUT2D eigenvalue weighted by atomic mass is 35.5. The summed E-state index contributed by atoms with van der Waals surface area (Å²) < 4.78 is 53.4. The Kier molecular flexibility index (Phi) is 14.0. The van der Waals surface area contributed by atoms with E-state index in [4.69, 9.17) is 16.3 Å². The molecule has 0 atom stereocenters. The van der Waals surface area contributed by atoms with Crippen molar-refractivity contribution in [1.82, 2.24) is 19.6 Å². The molecule has 3 aromatic carbocycles. The van der Waals surface area contributed by atoms with Crippen LogP contribution in [0.4, 0.5) is 11.4 Å². The minimum atomic E-state index is -4.57. The summed E-state index contributed by atoms with van der Waals surface area (Å²) in [7, 11) is -6.76. The van der Waals surface area contributed by atoms with Crippen molar-refractivity contribution in [2.45, 2.75) is 83.6 Å². The lowest BCUT2D eigenvalue weighted by molar-refractivity contribution is -0.385. The molecule has 14 nitrogen and oxygen atoms in total. The lowest BCUT2D eigenvalue weighted by Gasteiger charge is -2.39. The number of nitro benzene ring substituents is 1. The van der Waals surface area contributed by atoms with Gasteiger partial charge in [-0.3, -0.25) is 19.8 Å². The average Bonchev–Trinajstić information content (AvgIpc) is 3.76. The summed E-state index contributed by atoms with van der Waals surface area (Å²) in [4.78, 5) is 37.4. The van der Waals surface area contributed by atoms with Gasteiger partial charge in [0.2, 0.25) is 0 Å². The summed E-state index contributed by atoms with van der Waals surface area (Å²) in [5.41, 5.74) is 5.80. The minimum absolute atomic E-state index is 0.0319. The van der Waals surface area contributed by atoms with Crippen molar-refractivity contribution in [3.05, 3.63) is 123 Å². The predicted molar refractivity (Wildman–Crippen MR) is 262 cm³/mol. The Morgan fingerprint density at radius 2 is 1.74 bits per heavy atom. The Morgan fingerprint density at radius 3 is 2.45 bits per heavy atom. The van der Waals surface area contributed by atoms with Gasteiger partial charge in [0, 0.05) is 93.9 Å². The van der Waals surface area contributed by atoms with E-state index < -0.39 is 35.5 Å². The molecule has 8 rings (SSSR count). The second-order valence-electron chi connectivity index (χ2n) is 18.5. The number of fused-ring (bicyclic) bond motifs is 1. The number of allylic oxidation sites excluding steroid dienone is 1. The lowest BCUT2D eigenvalue weighted by atomic mass is 9.72. The monoisotopic (exact) mass is 955 g/mol. The number of halogens is 1. The maximum atomic E-state index is 14.0. The van der Waals surface area contributed by atoms with E-state index in [9.17, 15) is 27.5 Å². The van der Waals surface area contributed by atoms with Gasteiger partial charge in [0.05, 0.1) is 27.6 Å². The number of nitro groups is 1. The number of benzene rings is 3. The molecular weight excluding hydrogens is 898 g/mol. The zero-order chi connectivity index (χ0) is 46.8. The number of carbonyl (C=O) groups is 1. The number of pyridine rings is 1. The van der Waals surface area contributed by atoms with Crippen LogP contribution in [-0.4, -0.2) is 88.6 Å². The normalized spacial score (nSPS) is 19.1. The molecule has 1 aliphatic heterocycles. The number of amides is 1. The smallest absolute Gasteiger partial charge is 0.273 e. The Balaban J connectivity index is 0.975. The Labute approximate surface area is 392 Å². The van der Waals surface area contributed by atoms with E-state index in [-0.39, 0.29) is 34.4 Å². The van der Waals surface area contributed by atoms with Crippen LogP contribution in [0.25, 0.3) is 16.6 Å². The third-order valence-electron chi connectivity index (χ3n) is 13.4. The molecule has 66 heavy (non-hydrogen) atoms. The first kappa shape index (κ1) is 47.2. The van der Waals surface area contributed by atoms with Crippen molar-refractivity contribution >= 4 is 65.2 Å². The molecule has 3 heterocycles. The number of hydrogen-bond donors (Lipinski definition) is 2. The number of aromatic amines is 1. The van der Waals surface area contributed by atoms with Crippen molar-refractivity contribution in [1.29, 1.82) is 0 Å². The van der Waals surface area contributed by atoms with E-state index in [1.807, 2.05) is 32.0 Å². The maximum absolute atomic E-state index is 14.0. The summed E-state index contributed by atoms with van der Waals surface area (Å²) in [6.45, 7) is 12.4. The zero-order valence-corrected chi connectivity index (χ0v) is 40.3. The Hall–Kier alpha value is -5.29. The van der Waals surface area contributed by atoms with Gasteiger partial charge in [-0.2, -0.15) is 0 Å². The fraction of sp³-hybridized carbons (Fsp3) is 0.429. The van der Waals surface area contributed by atoms with Crippen LogP contribution in [0.15, 0.2) is 100 Å². The van der Waals surface area contributed by atoms with E-state index in [1.165, 1.54) is 35.0 Å². The van der Waals surface area contributed by atoms with Gasteiger partial charge in [0.25, 0.3) is 21.6 Å². The average molecular weight is 957 g/mol. The van der Waals surface area contributed by atoms with Gasteiger partial charge in [0.1, 0.15) is 17.1 Å². The number of H-pyrrole nitrogens is 1. The summed E-state index contributed by atoms with van der Waals surface area (Å²) in [6, 6.07) is 20.6. The van der Waals surface area contributed by atoms with Crippen LogP contribution in [0, 0.1) is 21.4 Å². The van der Waals surface area contributed by atoms with Crippen molar-refractivity contribution in [2.24, 2.45) is 15.7 Å². The van der Waals surface area contributed by atoms with E-state index in [0.29, 0.717) is 41.3 Å². The van der Waals surface area contributed by atoms with E-state index in [2.05, 4.69) is 54.8 Å². The number of anilines is 1. The van der Waals surface area contributed by atoms with Gasteiger partial charge in [-0.05, 0) is 110 Å². The van der Waals surface area contributed by atoms with Crippen LogP contribution in [0.2, 0.25) is 5.02 Å². The highest BCUT2D eigenvalue weighted by Gasteiger charge is 2.32. The second kappa shape index (κ2) is 19.5. The van der Waals surface area contributed by atoms with Crippen molar-refractivity contribution < 1.29 is 27.1 Å². The first-order chi connectivity index (χ1) is 31.5. The molecule has 17 heteroatoms. The number of ether oxygens (including phenoxy) is 1. The molecular formula is C49H58ClN7O7S2. The standard InChI is InChI=1S/C49H58ClN7O7S2/c1-5-65(61,6-2)53-39-25-33(26-39)7-8-35-11-15-42(29-45(35)57(59)60)66(62,63)54-48(58)43-16-14-40(28-46(43)64-41-27-36-18-20-51-47(36)52-31-41)56-23-21-55(22-24-56)32-37-17-19-49(3,4)30-44(37)34-9-12-38(50)13-10-34/h9-16,18,20,27-29,31,33,39H,5-8,17,19,21-26,30,32H2,1-4H3,(H,51,52)(H,54,58). The molecule has 2 aromatic heterocycles. The lowest BCUT2D eigenvalue weighted by Crippen LogP contribution is -2.47. The van der Waals surface area contributed by atoms with Gasteiger partial charge in [-0.15, -0.1) is 0 Å². The van der Waals surface area contributed by atoms with E-state index >= 15 is 0 Å². The fourth-order valence-electron chi connectivity index (χ4n) is 9.32. The third-order valence-corrected chi connectivity index (χ3v) is 17.5. The van der Waals surface area contributed by atoms with Gasteiger partial charge in [-0.25, -0.2) is 26.7 Å². The van der Waals surface area contributed by atoms with Crippen LogP contribution in [0.1, 0.15) is 87.7 Å². The molecule has 0 spiro atoms. The molecule has 3 aliphatic rings. The molecule has 2 aliphatic carbocycles.